The van der Waals surface area contributed by atoms with Crippen LogP contribution in [0.1, 0.15) is 46.1 Å². The Labute approximate surface area is 126 Å². The highest BCUT2D eigenvalue weighted by Crippen LogP contribution is 2.10. The highest BCUT2D eigenvalue weighted by atomic mass is 16.6. The highest BCUT2D eigenvalue weighted by Gasteiger charge is 2.23. The lowest BCUT2D eigenvalue weighted by Gasteiger charge is -2.23. The molecule has 21 heavy (non-hydrogen) atoms. The summed E-state index contributed by atoms with van der Waals surface area (Å²) < 4.78 is 5.21. The van der Waals surface area contributed by atoms with Gasteiger partial charge in [-0.15, -0.1) is 0 Å². The number of ketones is 1. The topological polar surface area (TPSA) is 55.4 Å². The van der Waals surface area contributed by atoms with Gasteiger partial charge in [0.05, 0.1) is 6.04 Å². The lowest BCUT2D eigenvalue weighted by molar-refractivity contribution is -0.120. The molecule has 0 aliphatic heterocycles. The van der Waals surface area contributed by atoms with Crippen LogP contribution in [0.15, 0.2) is 30.3 Å². The van der Waals surface area contributed by atoms with Crippen molar-refractivity contribution in [3.63, 3.8) is 0 Å². The van der Waals surface area contributed by atoms with E-state index in [4.69, 9.17) is 4.74 Å². The van der Waals surface area contributed by atoms with E-state index in [-0.39, 0.29) is 5.78 Å². The fourth-order valence-corrected chi connectivity index (χ4v) is 1.97. The van der Waals surface area contributed by atoms with Gasteiger partial charge in [-0.05, 0) is 39.2 Å². The van der Waals surface area contributed by atoms with Gasteiger partial charge in [-0.25, -0.2) is 4.79 Å². The third-order valence-corrected chi connectivity index (χ3v) is 2.99. The number of hydrogen-bond donors (Lipinski definition) is 1. The molecule has 1 N–H and O–H groups in total. The van der Waals surface area contributed by atoms with E-state index in [1.54, 1.807) is 27.7 Å². The monoisotopic (exact) mass is 291 g/mol. The van der Waals surface area contributed by atoms with E-state index in [2.05, 4.69) is 5.32 Å². The van der Waals surface area contributed by atoms with E-state index in [1.807, 2.05) is 30.3 Å². The van der Waals surface area contributed by atoms with E-state index in [0.29, 0.717) is 12.8 Å². The number of amides is 1. The van der Waals surface area contributed by atoms with E-state index in [1.165, 1.54) is 0 Å². The molecule has 1 aromatic carbocycles. The minimum absolute atomic E-state index is 0.0248. The number of ether oxygens (including phenoxy) is 1. The molecule has 0 fully saturated rings. The van der Waals surface area contributed by atoms with Crippen LogP contribution in [0.2, 0.25) is 0 Å². The molecule has 0 radical (unpaired) electrons. The number of rotatable bonds is 6. The molecular formula is C17H25NO3. The van der Waals surface area contributed by atoms with Crippen LogP contribution in [-0.4, -0.2) is 23.5 Å². The van der Waals surface area contributed by atoms with Gasteiger partial charge in [-0.3, -0.25) is 4.79 Å². The molecule has 1 rings (SSSR count). The molecule has 0 aliphatic carbocycles. The van der Waals surface area contributed by atoms with Gasteiger partial charge in [0, 0.05) is 6.42 Å². The number of nitrogens with one attached hydrogen (secondary N) is 1. The zero-order valence-electron chi connectivity index (χ0n) is 13.3. The minimum atomic E-state index is -0.566. The summed E-state index contributed by atoms with van der Waals surface area (Å²) in [6.07, 6.45) is 1.18. The van der Waals surface area contributed by atoms with Crippen molar-refractivity contribution in [2.24, 2.45) is 0 Å². The Bertz CT molecular complexity index is 463. The Kier molecular flexibility index (Phi) is 6.40. The molecule has 0 aliphatic rings. The quantitative estimate of drug-likeness (QED) is 0.873. The Morgan fingerprint density at radius 3 is 2.33 bits per heavy atom. The summed E-state index contributed by atoms with van der Waals surface area (Å²) in [6.45, 7) is 7.20. The zero-order chi connectivity index (χ0) is 15.9. The number of aryl methyl sites for hydroxylation is 1. The Balaban J connectivity index is 2.60. The molecule has 0 spiro atoms. The summed E-state index contributed by atoms with van der Waals surface area (Å²) in [5, 5.41) is 2.68. The van der Waals surface area contributed by atoms with E-state index < -0.39 is 17.7 Å². The first-order chi connectivity index (χ1) is 9.81. The van der Waals surface area contributed by atoms with Crippen molar-refractivity contribution >= 4 is 11.9 Å². The van der Waals surface area contributed by atoms with E-state index in [9.17, 15) is 9.59 Å². The molecule has 116 valence electrons. The molecule has 0 bridgehead atoms. The lowest BCUT2D eigenvalue weighted by atomic mass is 10.0. The third kappa shape index (κ3) is 6.93. The van der Waals surface area contributed by atoms with Crippen molar-refractivity contribution < 1.29 is 14.3 Å². The minimum Gasteiger partial charge on any atom is -0.444 e. The van der Waals surface area contributed by atoms with Crippen molar-refractivity contribution in [2.75, 3.05) is 0 Å². The molecule has 1 atom stereocenters. The predicted molar refractivity (Wildman–Crippen MR) is 83.2 cm³/mol. The van der Waals surface area contributed by atoms with E-state index >= 15 is 0 Å². The van der Waals surface area contributed by atoms with Crippen LogP contribution in [0.4, 0.5) is 4.79 Å². The summed E-state index contributed by atoms with van der Waals surface area (Å²) in [7, 11) is 0. The summed E-state index contributed by atoms with van der Waals surface area (Å²) in [4.78, 5) is 23.8. The number of hydrogen-bond acceptors (Lipinski definition) is 3. The standard InChI is InChI=1S/C17H25NO3/c1-5-15(19)14(18-16(20)21-17(2,3)4)12-11-13-9-7-6-8-10-13/h6-10,14H,5,11-12H2,1-4H3,(H,18,20)/t14-/m0/s1. The molecule has 1 amide bonds. The molecule has 0 saturated carbocycles. The molecule has 4 heteroatoms. The smallest absolute Gasteiger partial charge is 0.408 e. The zero-order valence-corrected chi connectivity index (χ0v) is 13.3. The first-order valence-electron chi connectivity index (χ1n) is 7.38. The Hall–Kier alpha value is -1.84. The van der Waals surface area contributed by atoms with Crippen molar-refractivity contribution in [3.8, 4) is 0 Å². The number of benzene rings is 1. The van der Waals surface area contributed by atoms with Crippen LogP contribution >= 0.6 is 0 Å². The van der Waals surface area contributed by atoms with Crippen molar-refractivity contribution in [2.45, 2.75) is 58.6 Å². The second-order valence-corrected chi connectivity index (χ2v) is 6.04. The van der Waals surface area contributed by atoms with Crippen LogP contribution in [0.5, 0.6) is 0 Å². The number of alkyl carbamates (subject to hydrolysis) is 1. The molecule has 0 aromatic heterocycles. The van der Waals surface area contributed by atoms with Gasteiger partial charge < -0.3 is 10.1 Å². The normalized spacial score (nSPS) is 12.6. The average Bonchev–Trinajstić information content (AvgIpc) is 2.41. The Morgan fingerprint density at radius 2 is 1.81 bits per heavy atom. The number of carbonyl (C=O) groups excluding carboxylic acids is 2. The first kappa shape index (κ1) is 17.2. The van der Waals surface area contributed by atoms with Crippen LogP contribution in [0, 0.1) is 0 Å². The molecule has 0 heterocycles. The fraction of sp³-hybridized carbons (Fsp3) is 0.529. The highest BCUT2D eigenvalue weighted by molar-refractivity contribution is 5.87. The van der Waals surface area contributed by atoms with Gasteiger partial charge in [0.25, 0.3) is 0 Å². The molecular weight excluding hydrogens is 266 g/mol. The predicted octanol–water partition coefficient (Wildman–Crippen LogP) is 3.49. The summed E-state index contributed by atoms with van der Waals surface area (Å²) >= 11 is 0. The van der Waals surface area contributed by atoms with Gasteiger partial charge in [0.2, 0.25) is 0 Å². The fourth-order valence-electron chi connectivity index (χ4n) is 1.97. The molecule has 1 aromatic rings. The van der Waals surface area contributed by atoms with Crippen LogP contribution in [0.3, 0.4) is 0 Å². The van der Waals surface area contributed by atoms with Gasteiger partial charge in [-0.1, -0.05) is 37.3 Å². The first-order valence-corrected chi connectivity index (χ1v) is 7.38. The summed E-state index contributed by atoms with van der Waals surface area (Å²) in [6, 6.07) is 9.42. The summed E-state index contributed by atoms with van der Waals surface area (Å²) in [5.74, 6) is 0.0248. The summed E-state index contributed by atoms with van der Waals surface area (Å²) in [5.41, 5.74) is 0.584. The second kappa shape index (κ2) is 7.81. The number of carbonyl (C=O) groups is 2. The van der Waals surface area contributed by atoms with Gasteiger partial charge in [0.1, 0.15) is 5.60 Å². The average molecular weight is 291 g/mol. The number of Topliss-reactive ketones (excluding diaryl/α,β-unsaturated/α-hetero) is 1. The van der Waals surface area contributed by atoms with Crippen LogP contribution in [-0.2, 0) is 16.0 Å². The van der Waals surface area contributed by atoms with Crippen molar-refractivity contribution in [1.82, 2.24) is 5.32 Å². The Morgan fingerprint density at radius 1 is 1.19 bits per heavy atom. The van der Waals surface area contributed by atoms with Crippen LogP contribution < -0.4 is 5.32 Å². The molecule has 0 saturated heterocycles. The van der Waals surface area contributed by atoms with E-state index in [0.717, 1.165) is 12.0 Å². The van der Waals surface area contributed by atoms with Gasteiger partial charge in [0.15, 0.2) is 5.78 Å². The molecule has 4 nitrogen and oxygen atoms in total. The SMILES string of the molecule is CCC(=O)[C@H](CCc1ccccc1)NC(=O)OC(C)(C)C. The lowest BCUT2D eigenvalue weighted by Crippen LogP contribution is -2.43. The maximum absolute atomic E-state index is 12.0. The van der Waals surface area contributed by atoms with Crippen molar-refractivity contribution in [1.29, 1.82) is 0 Å². The van der Waals surface area contributed by atoms with Gasteiger partial charge >= 0.3 is 6.09 Å². The van der Waals surface area contributed by atoms with Crippen molar-refractivity contribution in [3.05, 3.63) is 35.9 Å². The maximum atomic E-state index is 12.0. The molecule has 0 unspecified atom stereocenters. The second-order valence-electron chi connectivity index (χ2n) is 6.04. The maximum Gasteiger partial charge on any atom is 0.408 e. The van der Waals surface area contributed by atoms with Gasteiger partial charge in [-0.2, -0.15) is 0 Å². The largest absolute Gasteiger partial charge is 0.444 e. The third-order valence-electron chi connectivity index (χ3n) is 2.99. The van der Waals surface area contributed by atoms with Crippen LogP contribution in [0.25, 0.3) is 0 Å².